The maximum atomic E-state index is 14.7. The number of nitrogens with zero attached hydrogens (tertiary/aromatic N) is 4. The lowest BCUT2D eigenvalue weighted by atomic mass is 9.93. The third-order valence-corrected chi connectivity index (χ3v) is 6.30. The number of pyridine rings is 1. The number of nitrogens with one attached hydrogen (secondary N) is 1. The fourth-order valence-electron chi connectivity index (χ4n) is 4.31. The number of hydrogen-bond donors (Lipinski definition) is 3. The van der Waals surface area contributed by atoms with Crippen molar-refractivity contribution in [3.05, 3.63) is 46.5 Å². The van der Waals surface area contributed by atoms with Crippen molar-refractivity contribution < 1.29 is 14.1 Å². The van der Waals surface area contributed by atoms with Gasteiger partial charge in [-0.2, -0.15) is 0 Å². The van der Waals surface area contributed by atoms with Gasteiger partial charge in [0.2, 0.25) is 11.5 Å². The van der Waals surface area contributed by atoms with Crippen LogP contribution in [0, 0.1) is 10.1 Å². The number of hydrogen-bond acceptors (Lipinski definition) is 8. The molecular weight excluding hydrogens is 429 g/mol. The topological polar surface area (TPSA) is 144 Å². The Morgan fingerprint density at radius 2 is 1.85 bits per heavy atom. The summed E-state index contributed by atoms with van der Waals surface area (Å²) in [6.45, 7) is 2.01. The van der Waals surface area contributed by atoms with Gasteiger partial charge in [0.15, 0.2) is 0 Å². The zero-order valence-electron chi connectivity index (χ0n) is 18.2. The van der Waals surface area contributed by atoms with Crippen molar-refractivity contribution in [1.29, 1.82) is 0 Å². The number of nitro groups is 1. The molecule has 3 heterocycles. The zero-order valence-corrected chi connectivity index (χ0v) is 18.2. The number of nitrogens with two attached hydrogens (primary N) is 2. The fraction of sp³-hybridized carbons (Fsp3) is 0.455. The Labute approximate surface area is 190 Å². The molecule has 1 atom stereocenters. The van der Waals surface area contributed by atoms with Crippen LogP contribution in [-0.4, -0.2) is 53.7 Å². The summed E-state index contributed by atoms with van der Waals surface area (Å²) in [5.41, 5.74) is 10.4. The Morgan fingerprint density at radius 1 is 1.15 bits per heavy atom. The second kappa shape index (κ2) is 9.18. The van der Waals surface area contributed by atoms with Crippen LogP contribution in [0.2, 0.25) is 0 Å². The van der Waals surface area contributed by atoms with E-state index in [1.54, 1.807) is 35.2 Å². The summed E-state index contributed by atoms with van der Waals surface area (Å²) >= 11 is 0. The molecule has 0 aliphatic carbocycles. The highest BCUT2D eigenvalue weighted by molar-refractivity contribution is 5.84. The molecule has 2 aliphatic rings. The normalized spacial score (nSPS) is 21.6. The maximum absolute atomic E-state index is 14.7. The number of alkyl halides is 1. The van der Waals surface area contributed by atoms with E-state index in [2.05, 4.69) is 15.2 Å². The molecule has 2 aromatic rings. The van der Waals surface area contributed by atoms with Crippen molar-refractivity contribution in [3.8, 4) is 0 Å². The first kappa shape index (κ1) is 22.7. The first-order chi connectivity index (χ1) is 15.7. The molecule has 2 aliphatic heterocycles. The van der Waals surface area contributed by atoms with Gasteiger partial charge in [-0.1, -0.05) is 0 Å². The summed E-state index contributed by atoms with van der Waals surface area (Å²) in [4.78, 5) is 30.9. The third-order valence-electron chi connectivity index (χ3n) is 6.30. The SMILES string of the molecule is NC(=O)C1(F)CCCN(c2ccc(Nc3nc(N4CCC(N)CC4)ccc3[N+](=O)[O-])cc2)C1. The highest BCUT2D eigenvalue weighted by Crippen LogP contribution is 2.32. The van der Waals surface area contributed by atoms with E-state index in [1.165, 1.54) is 6.07 Å². The molecule has 0 bridgehead atoms. The molecule has 10 nitrogen and oxygen atoms in total. The van der Waals surface area contributed by atoms with Crippen LogP contribution in [-0.2, 0) is 4.79 Å². The number of halogens is 1. The van der Waals surface area contributed by atoms with Gasteiger partial charge in [0.05, 0.1) is 11.5 Å². The highest BCUT2D eigenvalue weighted by Gasteiger charge is 2.41. The highest BCUT2D eigenvalue weighted by atomic mass is 19.1. The smallest absolute Gasteiger partial charge is 0.311 e. The fourth-order valence-corrected chi connectivity index (χ4v) is 4.31. The Hall–Kier alpha value is -3.47. The van der Waals surface area contributed by atoms with Crippen molar-refractivity contribution in [2.45, 2.75) is 37.4 Å². The van der Waals surface area contributed by atoms with Crippen LogP contribution in [0.3, 0.4) is 0 Å². The van der Waals surface area contributed by atoms with E-state index in [9.17, 15) is 19.3 Å². The Kier molecular flexibility index (Phi) is 6.32. The van der Waals surface area contributed by atoms with Gasteiger partial charge in [-0.25, -0.2) is 9.37 Å². The molecule has 176 valence electrons. The molecule has 1 aromatic carbocycles. The van der Waals surface area contributed by atoms with Crippen LogP contribution in [0.15, 0.2) is 36.4 Å². The molecule has 4 rings (SSSR count). The van der Waals surface area contributed by atoms with Crippen LogP contribution in [0.5, 0.6) is 0 Å². The summed E-state index contributed by atoms with van der Waals surface area (Å²) in [7, 11) is 0. The van der Waals surface area contributed by atoms with E-state index >= 15 is 0 Å². The van der Waals surface area contributed by atoms with Gasteiger partial charge in [0, 0.05) is 43.1 Å². The van der Waals surface area contributed by atoms with Crippen LogP contribution in [0.4, 0.5) is 33.1 Å². The maximum Gasteiger partial charge on any atom is 0.311 e. The van der Waals surface area contributed by atoms with Gasteiger partial charge in [0.25, 0.3) is 5.91 Å². The van der Waals surface area contributed by atoms with Crippen molar-refractivity contribution >= 4 is 34.6 Å². The van der Waals surface area contributed by atoms with Gasteiger partial charge >= 0.3 is 5.69 Å². The molecule has 2 fully saturated rings. The lowest BCUT2D eigenvalue weighted by Gasteiger charge is -2.36. The van der Waals surface area contributed by atoms with Crippen LogP contribution >= 0.6 is 0 Å². The summed E-state index contributed by atoms with van der Waals surface area (Å²) < 4.78 is 14.7. The Balaban J connectivity index is 1.52. The predicted octanol–water partition coefficient (Wildman–Crippen LogP) is 2.45. The monoisotopic (exact) mass is 457 g/mol. The number of carbonyl (C=O) groups is 1. The van der Waals surface area contributed by atoms with Gasteiger partial charge in [-0.3, -0.25) is 14.9 Å². The number of benzene rings is 1. The standard InChI is InChI=1S/C22H28FN7O3/c23-22(21(25)31)10-1-11-29(14-22)17-4-2-16(3-5-17)26-20-18(30(32)33)6-7-19(27-20)28-12-8-15(24)9-13-28/h2-7,15H,1,8-14,24H2,(H2,25,31)(H,26,27). The van der Waals surface area contributed by atoms with Crippen LogP contribution < -0.4 is 26.6 Å². The van der Waals surface area contributed by atoms with Gasteiger partial charge in [0.1, 0.15) is 5.82 Å². The molecule has 33 heavy (non-hydrogen) atoms. The van der Waals surface area contributed by atoms with Gasteiger partial charge in [-0.15, -0.1) is 0 Å². The average Bonchev–Trinajstić information content (AvgIpc) is 2.80. The first-order valence-corrected chi connectivity index (χ1v) is 11.0. The molecule has 5 N–H and O–H groups in total. The van der Waals surface area contributed by atoms with E-state index in [4.69, 9.17) is 11.5 Å². The minimum Gasteiger partial charge on any atom is -0.368 e. The van der Waals surface area contributed by atoms with Gasteiger partial charge in [-0.05, 0) is 56.0 Å². The average molecular weight is 458 g/mol. The lowest BCUT2D eigenvalue weighted by Crippen LogP contribution is -2.53. The van der Waals surface area contributed by atoms with Crippen molar-refractivity contribution in [2.24, 2.45) is 11.5 Å². The van der Waals surface area contributed by atoms with E-state index in [1.807, 2.05) is 0 Å². The zero-order chi connectivity index (χ0) is 23.6. The Morgan fingerprint density at radius 3 is 2.48 bits per heavy atom. The number of carbonyl (C=O) groups excluding carboxylic acids is 1. The summed E-state index contributed by atoms with van der Waals surface area (Å²) in [6, 6.07) is 10.3. The number of rotatable bonds is 6. The Bertz CT molecular complexity index is 1030. The first-order valence-electron chi connectivity index (χ1n) is 11.0. The molecule has 0 spiro atoms. The summed E-state index contributed by atoms with van der Waals surface area (Å²) in [5, 5.41) is 14.6. The van der Waals surface area contributed by atoms with E-state index in [0.29, 0.717) is 24.5 Å². The minimum absolute atomic E-state index is 0.0936. The predicted molar refractivity (Wildman–Crippen MR) is 125 cm³/mol. The lowest BCUT2D eigenvalue weighted by molar-refractivity contribution is -0.384. The molecule has 1 amide bonds. The van der Waals surface area contributed by atoms with Crippen LogP contribution in [0.25, 0.3) is 0 Å². The van der Waals surface area contributed by atoms with E-state index < -0.39 is 16.5 Å². The van der Waals surface area contributed by atoms with Crippen molar-refractivity contribution in [1.82, 2.24) is 4.98 Å². The summed E-state index contributed by atoms with van der Waals surface area (Å²) in [5.74, 6) is -0.139. The number of anilines is 4. The molecule has 1 unspecified atom stereocenters. The molecule has 11 heteroatoms. The molecule has 1 aromatic heterocycles. The number of amides is 1. The number of aromatic nitrogens is 1. The quantitative estimate of drug-likeness (QED) is 0.443. The van der Waals surface area contributed by atoms with Gasteiger partial charge < -0.3 is 26.6 Å². The minimum atomic E-state index is -2.04. The molecular formula is C22H28FN7O3. The van der Waals surface area contributed by atoms with Crippen LogP contribution in [0.1, 0.15) is 25.7 Å². The summed E-state index contributed by atoms with van der Waals surface area (Å²) in [6.07, 6.45) is 2.32. The largest absolute Gasteiger partial charge is 0.368 e. The molecule has 0 saturated carbocycles. The van der Waals surface area contributed by atoms with E-state index in [0.717, 1.165) is 31.6 Å². The third kappa shape index (κ3) is 4.98. The van der Waals surface area contributed by atoms with E-state index in [-0.39, 0.29) is 30.5 Å². The van der Waals surface area contributed by atoms with Crippen molar-refractivity contribution in [3.63, 3.8) is 0 Å². The second-order valence-electron chi connectivity index (χ2n) is 8.65. The molecule has 2 saturated heterocycles. The molecule has 0 radical (unpaired) electrons. The van der Waals surface area contributed by atoms with Crippen molar-refractivity contribution in [2.75, 3.05) is 41.3 Å². The number of primary amides is 1. The second-order valence-corrected chi connectivity index (χ2v) is 8.65. The number of piperidine rings is 2.